The van der Waals surface area contributed by atoms with E-state index in [0.29, 0.717) is 11.4 Å². The molecule has 0 aliphatic rings. The lowest BCUT2D eigenvalue weighted by atomic mass is 10.1. The highest BCUT2D eigenvalue weighted by Crippen LogP contribution is 2.36. The van der Waals surface area contributed by atoms with Crippen LogP contribution in [0.5, 0.6) is 0 Å². The van der Waals surface area contributed by atoms with Crippen LogP contribution in [0.1, 0.15) is 16.4 Å². The number of hydrogen-bond acceptors (Lipinski definition) is 5. The fourth-order valence-electron chi connectivity index (χ4n) is 3.51. The standard InChI is InChI=1S/C29H25N3O4S2/c30-38(35,36)26-18-14-24(15-19-26)32-29(34)28(22-9-5-2-6-10-22)37-25-16-12-23(13-17-25)31-27(33)20-11-21-7-3-1-4-8-21/h1-20,28H,(H,31,33)(H,32,34)(H2,30,35,36)/b20-11+. The number of anilines is 2. The van der Waals surface area contributed by atoms with Crippen molar-refractivity contribution in [1.82, 2.24) is 0 Å². The molecule has 192 valence electrons. The van der Waals surface area contributed by atoms with Gasteiger partial charge in [-0.15, -0.1) is 11.8 Å². The number of benzene rings is 4. The number of carbonyl (C=O) groups is 2. The third-order valence-corrected chi connectivity index (χ3v) is 7.59. The van der Waals surface area contributed by atoms with Crippen LogP contribution in [0.2, 0.25) is 0 Å². The molecule has 1 unspecified atom stereocenters. The molecule has 38 heavy (non-hydrogen) atoms. The first-order valence-electron chi connectivity index (χ1n) is 11.6. The van der Waals surface area contributed by atoms with Crippen LogP contribution in [-0.4, -0.2) is 20.2 Å². The first-order chi connectivity index (χ1) is 18.3. The highest BCUT2D eigenvalue weighted by atomic mass is 32.2. The van der Waals surface area contributed by atoms with Gasteiger partial charge in [-0.05, 0) is 65.7 Å². The summed E-state index contributed by atoms with van der Waals surface area (Å²) in [4.78, 5) is 26.3. The molecule has 0 bridgehead atoms. The van der Waals surface area contributed by atoms with Crippen molar-refractivity contribution in [2.24, 2.45) is 5.14 Å². The Hall–Kier alpha value is -4.18. The molecule has 0 heterocycles. The van der Waals surface area contributed by atoms with Crippen LogP contribution in [-0.2, 0) is 19.6 Å². The summed E-state index contributed by atoms with van der Waals surface area (Å²) >= 11 is 1.36. The Morgan fingerprint density at radius 2 is 1.29 bits per heavy atom. The zero-order valence-corrected chi connectivity index (χ0v) is 21.8. The van der Waals surface area contributed by atoms with Crippen LogP contribution >= 0.6 is 11.8 Å². The summed E-state index contributed by atoms with van der Waals surface area (Å²) in [5.74, 6) is -0.516. The minimum absolute atomic E-state index is 0.0350. The van der Waals surface area contributed by atoms with Gasteiger partial charge < -0.3 is 10.6 Å². The summed E-state index contributed by atoms with van der Waals surface area (Å²) in [6.45, 7) is 0. The molecule has 0 aromatic heterocycles. The van der Waals surface area contributed by atoms with E-state index in [9.17, 15) is 18.0 Å². The fourth-order valence-corrected chi connectivity index (χ4v) is 5.05. The van der Waals surface area contributed by atoms with Gasteiger partial charge in [-0.2, -0.15) is 0 Å². The van der Waals surface area contributed by atoms with Crippen LogP contribution in [0.25, 0.3) is 6.08 Å². The molecular weight excluding hydrogens is 518 g/mol. The van der Waals surface area contributed by atoms with Gasteiger partial charge in [-0.25, -0.2) is 13.6 Å². The zero-order chi connectivity index (χ0) is 27.0. The zero-order valence-electron chi connectivity index (χ0n) is 20.2. The molecular formula is C29H25N3O4S2. The third kappa shape index (κ3) is 7.66. The van der Waals surface area contributed by atoms with Gasteiger partial charge in [0.25, 0.3) is 0 Å². The van der Waals surface area contributed by atoms with E-state index in [2.05, 4.69) is 10.6 Å². The van der Waals surface area contributed by atoms with Crippen molar-refractivity contribution in [2.75, 3.05) is 10.6 Å². The normalized spacial score (nSPS) is 12.1. The monoisotopic (exact) mass is 543 g/mol. The average molecular weight is 544 g/mol. The Bertz CT molecular complexity index is 1520. The second kappa shape index (κ2) is 12.4. The predicted octanol–water partition coefficient (Wildman–Crippen LogP) is 5.46. The quantitative estimate of drug-likeness (QED) is 0.191. The number of nitrogens with two attached hydrogens (primary N) is 1. The Kier molecular flexibility index (Phi) is 8.75. The van der Waals surface area contributed by atoms with Crippen molar-refractivity contribution < 1.29 is 18.0 Å². The van der Waals surface area contributed by atoms with Crippen LogP contribution in [0.3, 0.4) is 0 Å². The summed E-state index contributed by atoms with van der Waals surface area (Å²) in [7, 11) is -3.82. The largest absolute Gasteiger partial charge is 0.325 e. The molecule has 9 heteroatoms. The van der Waals surface area contributed by atoms with E-state index in [4.69, 9.17) is 5.14 Å². The number of amides is 2. The SMILES string of the molecule is NS(=O)(=O)c1ccc(NC(=O)C(Sc2ccc(NC(=O)/C=C/c3ccccc3)cc2)c2ccccc2)cc1. The lowest BCUT2D eigenvalue weighted by Crippen LogP contribution is -2.19. The molecule has 4 aromatic carbocycles. The minimum atomic E-state index is -3.82. The summed E-state index contributed by atoms with van der Waals surface area (Å²) in [6, 6.07) is 31.8. The topological polar surface area (TPSA) is 118 Å². The van der Waals surface area contributed by atoms with E-state index < -0.39 is 15.3 Å². The van der Waals surface area contributed by atoms with E-state index in [-0.39, 0.29) is 16.7 Å². The maximum absolute atomic E-state index is 13.3. The molecule has 0 fully saturated rings. The molecule has 7 nitrogen and oxygen atoms in total. The van der Waals surface area contributed by atoms with Gasteiger partial charge in [0.15, 0.2) is 0 Å². The van der Waals surface area contributed by atoms with Crippen molar-refractivity contribution in [3.05, 3.63) is 126 Å². The molecule has 0 radical (unpaired) electrons. The van der Waals surface area contributed by atoms with Crippen LogP contribution in [0.4, 0.5) is 11.4 Å². The number of thioether (sulfide) groups is 1. The van der Waals surface area contributed by atoms with E-state index in [1.165, 1.54) is 42.1 Å². The Morgan fingerprint density at radius 1 is 0.737 bits per heavy atom. The molecule has 0 saturated carbocycles. The molecule has 0 saturated heterocycles. The molecule has 0 spiro atoms. The number of hydrogen-bond donors (Lipinski definition) is 3. The molecule has 0 aliphatic heterocycles. The smallest absolute Gasteiger partial charge is 0.248 e. The Morgan fingerprint density at radius 3 is 1.89 bits per heavy atom. The number of rotatable bonds is 9. The molecule has 4 N–H and O–H groups in total. The molecule has 4 aromatic rings. The summed E-state index contributed by atoms with van der Waals surface area (Å²) < 4.78 is 23.0. The van der Waals surface area contributed by atoms with Gasteiger partial charge in [0.2, 0.25) is 21.8 Å². The first kappa shape index (κ1) is 26.9. The highest BCUT2D eigenvalue weighted by molar-refractivity contribution is 8.00. The van der Waals surface area contributed by atoms with Gasteiger partial charge in [-0.3, -0.25) is 9.59 Å². The maximum atomic E-state index is 13.3. The number of carbonyl (C=O) groups excluding carboxylic acids is 2. The van der Waals surface area contributed by atoms with Gasteiger partial charge in [0.1, 0.15) is 5.25 Å². The lowest BCUT2D eigenvalue weighted by Gasteiger charge is -2.17. The van der Waals surface area contributed by atoms with E-state index in [0.717, 1.165) is 16.0 Å². The first-order valence-corrected chi connectivity index (χ1v) is 14.0. The number of primary sulfonamides is 1. The van der Waals surface area contributed by atoms with Gasteiger partial charge in [-0.1, -0.05) is 60.7 Å². The molecule has 4 rings (SSSR count). The van der Waals surface area contributed by atoms with Crippen molar-refractivity contribution in [3.63, 3.8) is 0 Å². The number of sulfonamides is 1. The van der Waals surface area contributed by atoms with E-state index in [1.54, 1.807) is 18.2 Å². The van der Waals surface area contributed by atoms with Crippen LogP contribution in [0, 0.1) is 0 Å². The number of nitrogens with one attached hydrogen (secondary N) is 2. The van der Waals surface area contributed by atoms with Crippen molar-refractivity contribution in [1.29, 1.82) is 0 Å². The maximum Gasteiger partial charge on any atom is 0.248 e. The second-order valence-corrected chi connectivity index (χ2v) is 11.0. The Labute approximate surface area is 225 Å². The highest BCUT2D eigenvalue weighted by Gasteiger charge is 2.22. The predicted molar refractivity (Wildman–Crippen MR) is 152 cm³/mol. The van der Waals surface area contributed by atoms with Crippen LogP contribution < -0.4 is 15.8 Å². The molecule has 2 amide bonds. The second-order valence-electron chi connectivity index (χ2n) is 8.22. The van der Waals surface area contributed by atoms with Gasteiger partial charge in [0.05, 0.1) is 4.90 Å². The van der Waals surface area contributed by atoms with Gasteiger partial charge in [0, 0.05) is 22.3 Å². The average Bonchev–Trinajstić information content (AvgIpc) is 2.92. The summed E-state index contributed by atoms with van der Waals surface area (Å²) in [5.41, 5.74) is 2.82. The Balaban J connectivity index is 1.44. The van der Waals surface area contributed by atoms with Crippen molar-refractivity contribution in [3.8, 4) is 0 Å². The van der Waals surface area contributed by atoms with Crippen molar-refractivity contribution in [2.45, 2.75) is 15.0 Å². The van der Waals surface area contributed by atoms with Crippen molar-refractivity contribution >= 4 is 51.1 Å². The molecule has 1 atom stereocenters. The minimum Gasteiger partial charge on any atom is -0.325 e. The summed E-state index contributed by atoms with van der Waals surface area (Å²) in [5, 5.41) is 10.2. The third-order valence-electron chi connectivity index (χ3n) is 5.39. The summed E-state index contributed by atoms with van der Waals surface area (Å²) in [6.07, 6.45) is 3.22. The van der Waals surface area contributed by atoms with E-state index in [1.807, 2.05) is 72.8 Å². The lowest BCUT2D eigenvalue weighted by molar-refractivity contribution is -0.116. The fraction of sp³-hybridized carbons (Fsp3) is 0.0345. The van der Waals surface area contributed by atoms with Crippen LogP contribution in [0.15, 0.2) is 125 Å². The molecule has 0 aliphatic carbocycles. The van der Waals surface area contributed by atoms with Gasteiger partial charge >= 0.3 is 0 Å². The van der Waals surface area contributed by atoms with E-state index >= 15 is 0 Å².